The molecule has 4 rings (SSSR count). The molecule has 2 aromatic rings. The summed E-state index contributed by atoms with van der Waals surface area (Å²) in [5.41, 5.74) is 3.83. The van der Waals surface area contributed by atoms with Crippen LogP contribution in [0.5, 0.6) is 0 Å². The SMILES string of the molecule is Cc1c(C(=O)N2CCN(C)[C@@H]3CS(=O)(=O)C[C@@H]32)n(C)c2c(C)cccc12. The molecule has 140 valence electrons. The zero-order valence-corrected chi connectivity index (χ0v) is 16.5. The number of carbonyl (C=O) groups excluding carboxylic acids is 1. The van der Waals surface area contributed by atoms with Gasteiger partial charge in [0.2, 0.25) is 0 Å². The summed E-state index contributed by atoms with van der Waals surface area (Å²) in [5.74, 6) is 0.154. The third-order valence-corrected chi connectivity index (χ3v) is 7.78. The number of hydrogen-bond acceptors (Lipinski definition) is 4. The van der Waals surface area contributed by atoms with Crippen molar-refractivity contribution in [2.24, 2.45) is 7.05 Å². The van der Waals surface area contributed by atoms with Crippen molar-refractivity contribution in [2.75, 3.05) is 31.6 Å². The lowest BCUT2D eigenvalue weighted by Gasteiger charge is -2.42. The highest BCUT2D eigenvalue weighted by Gasteiger charge is 2.47. The quantitative estimate of drug-likeness (QED) is 0.755. The van der Waals surface area contributed by atoms with Gasteiger partial charge < -0.3 is 9.47 Å². The second-order valence-electron chi connectivity index (χ2n) is 7.69. The first-order chi connectivity index (χ1) is 12.2. The molecule has 0 bridgehead atoms. The average molecular weight is 375 g/mol. The Labute approximate surface area is 154 Å². The summed E-state index contributed by atoms with van der Waals surface area (Å²) in [6.07, 6.45) is 0. The number of carbonyl (C=O) groups is 1. The van der Waals surface area contributed by atoms with E-state index in [1.165, 1.54) is 0 Å². The second-order valence-corrected chi connectivity index (χ2v) is 9.85. The van der Waals surface area contributed by atoms with E-state index in [1.807, 2.05) is 50.7 Å². The lowest BCUT2D eigenvalue weighted by molar-refractivity contribution is 0.0401. The minimum atomic E-state index is -3.10. The van der Waals surface area contributed by atoms with E-state index in [9.17, 15) is 13.2 Å². The molecule has 7 heteroatoms. The molecule has 1 amide bonds. The zero-order chi connectivity index (χ0) is 18.8. The van der Waals surface area contributed by atoms with Crippen LogP contribution >= 0.6 is 0 Å². The number of amides is 1. The van der Waals surface area contributed by atoms with Crippen LogP contribution in [0.25, 0.3) is 10.9 Å². The Morgan fingerprint density at radius 3 is 2.46 bits per heavy atom. The molecule has 2 fully saturated rings. The predicted octanol–water partition coefficient (Wildman–Crippen LogP) is 1.35. The number of hydrogen-bond donors (Lipinski definition) is 0. The van der Waals surface area contributed by atoms with E-state index in [2.05, 4.69) is 4.90 Å². The van der Waals surface area contributed by atoms with Crippen LogP contribution < -0.4 is 0 Å². The number of fused-ring (bicyclic) bond motifs is 2. The number of para-hydroxylation sites is 1. The van der Waals surface area contributed by atoms with Crippen LogP contribution in [-0.4, -0.2) is 72.4 Å². The minimum Gasteiger partial charge on any atom is -0.339 e. The van der Waals surface area contributed by atoms with Gasteiger partial charge in [0, 0.05) is 31.6 Å². The van der Waals surface area contributed by atoms with Crippen LogP contribution in [0.15, 0.2) is 18.2 Å². The van der Waals surface area contributed by atoms with E-state index in [0.29, 0.717) is 18.8 Å². The topological polar surface area (TPSA) is 62.6 Å². The normalized spacial score (nSPS) is 25.6. The third kappa shape index (κ3) is 2.48. The molecule has 0 saturated carbocycles. The monoisotopic (exact) mass is 375 g/mol. The summed E-state index contributed by atoms with van der Waals surface area (Å²) in [6, 6.07) is 5.74. The number of aromatic nitrogens is 1. The Morgan fingerprint density at radius 1 is 1.08 bits per heavy atom. The molecule has 3 heterocycles. The Balaban J connectivity index is 1.79. The van der Waals surface area contributed by atoms with E-state index in [0.717, 1.165) is 22.0 Å². The number of sulfone groups is 1. The van der Waals surface area contributed by atoms with E-state index in [4.69, 9.17) is 0 Å². The molecule has 2 aliphatic rings. The van der Waals surface area contributed by atoms with Crippen LogP contribution in [0.2, 0.25) is 0 Å². The fraction of sp³-hybridized carbons (Fsp3) is 0.526. The van der Waals surface area contributed by atoms with Crippen molar-refractivity contribution in [2.45, 2.75) is 25.9 Å². The number of benzene rings is 1. The first-order valence-corrected chi connectivity index (χ1v) is 10.8. The summed E-state index contributed by atoms with van der Waals surface area (Å²) in [6.45, 7) is 5.29. The largest absolute Gasteiger partial charge is 0.339 e. The van der Waals surface area contributed by atoms with Gasteiger partial charge in [-0.25, -0.2) is 8.42 Å². The van der Waals surface area contributed by atoms with Crippen molar-refractivity contribution < 1.29 is 13.2 Å². The highest BCUT2D eigenvalue weighted by atomic mass is 32.2. The standard InChI is InChI=1S/C19H25N3O3S/c1-12-6-5-7-14-13(2)18(21(4)17(12)14)19(23)22-9-8-20(3)15-10-26(24,25)11-16(15)22/h5-7,15-16H,8-11H2,1-4H3/t15-,16+/m1/s1. The van der Waals surface area contributed by atoms with Crippen LogP contribution in [0.4, 0.5) is 0 Å². The lowest BCUT2D eigenvalue weighted by atomic mass is 10.0. The van der Waals surface area contributed by atoms with Crippen molar-refractivity contribution in [1.82, 2.24) is 14.4 Å². The van der Waals surface area contributed by atoms with E-state index >= 15 is 0 Å². The number of likely N-dealkylation sites (N-methyl/N-ethyl adjacent to an activating group) is 1. The van der Waals surface area contributed by atoms with Crippen molar-refractivity contribution >= 4 is 26.6 Å². The summed E-state index contributed by atoms with van der Waals surface area (Å²) in [7, 11) is 0.771. The Hall–Kier alpha value is -1.86. The third-order valence-electron chi connectivity index (χ3n) is 6.08. The Kier molecular flexibility index (Phi) is 3.93. The number of aryl methyl sites for hydroxylation is 3. The molecule has 0 spiro atoms. The molecule has 6 nitrogen and oxygen atoms in total. The Bertz CT molecular complexity index is 1010. The fourth-order valence-electron chi connectivity index (χ4n) is 4.72. The minimum absolute atomic E-state index is 0.0548. The van der Waals surface area contributed by atoms with E-state index in [-0.39, 0.29) is 29.5 Å². The van der Waals surface area contributed by atoms with Crippen LogP contribution in [0.1, 0.15) is 21.6 Å². The van der Waals surface area contributed by atoms with Gasteiger partial charge in [0.15, 0.2) is 9.84 Å². The van der Waals surface area contributed by atoms with Crippen molar-refractivity contribution in [3.8, 4) is 0 Å². The number of nitrogens with zero attached hydrogens (tertiary/aromatic N) is 3. The molecule has 0 aliphatic carbocycles. The first kappa shape index (κ1) is 17.5. The van der Waals surface area contributed by atoms with Crippen LogP contribution in [0, 0.1) is 13.8 Å². The molecule has 1 aromatic heterocycles. The van der Waals surface area contributed by atoms with Gasteiger partial charge in [0.25, 0.3) is 5.91 Å². The first-order valence-electron chi connectivity index (χ1n) is 8.97. The highest BCUT2D eigenvalue weighted by Crippen LogP contribution is 2.31. The van der Waals surface area contributed by atoms with Crippen LogP contribution in [-0.2, 0) is 16.9 Å². The van der Waals surface area contributed by atoms with Gasteiger partial charge in [-0.15, -0.1) is 0 Å². The molecule has 0 radical (unpaired) electrons. The van der Waals surface area contributed by atoms with Crippen molar-refractivity contribution in [1.29, 1.82) is 0 Å². The molecule has 1 aromatic carbocycles. The van der Waals surface area contributed by atoms with Gasteiger partial charge in [0.1, 0.15) is 5.69 Å². The van der Waals surface area contributed by atoms with Gasteiger partial charge in [0.05, 0.1) is 23.1 Å². The van der Waals surface area contributed by atoms with Crippen LogP contribution in [0.3, 0.4) is 0 Å². The average Bonchev–Trinajstić information content (AvgIpc) is 3.03. The summed E-state index contributed by atoms with van der Waals surface area (Å²) in [4.78, 5) is 17.4. The highest BCUT2D eigenvalue weighted by molar-refractivity contribution is 7.91. The number of piperazine rings is 1. The lowest BCUT2D eigenvalue weighted by Crippen LogP contribution is -2.59. The van der Waals surface area contributed by atoms with Gasteiger partial charge in [-0.2, -0.15) is 0 Å². The van der Waals surface area contributed by atoms with E-state index in [1.54, 1.807) is 4.90 Å². The molecule has 2 aliphatic heterocycles. The maximum atomic E-state index is 13.5. The maximum Gasteiger partial charge on any atom is 0.271 e. The Morgan fingerprint density at radius 2 is 1.77 bits per heavy atom. The van der Waals surface area contributed by atoms with Gasteiger partial charge in [-0.3, -0.25) is 9.69 Å². The molecule has 2 saturated heterocycles. The summed E-state index contributed by atoms with van der Waals surface area (Å²) < 4.78 is 26.4. The molecular formula is C19H25N3O3S. The maximum absolute atomic E-state index is 13.5. The molecule has 2 atom stereocenters. The molecule has 0 N–H and O–H groups in total. The van der Waals surface area contributed by atoms with Crippen molar-refractivity contribution in [3.05, 3.63) is 35.0 Å². The van der Waals surface area contributed by atoms with E-state index < -0.39 is 9.84 Å². The molecular weight excluding hydrogens is 350 g/mol. The summed E-state index contributed by atoms with van der Waals surface area (Å²) >= 11 is 0. The molecule has 26 heavy (non-hydrogen) atoms. The molecule has 0 unspecified atom stereocenters. The smallest absolute Gasteiger partial charge is 0.271 e. The van der Waals surface area contributed by atoms with Gasteiger partial charge in [-0.1, -0.05) is 18.2 Å². The van der Waals surface area contributed by atoms with Gasteiger partial charge >= 0.3 is 0 Å². The fourth-order valence-corrected chi connectivity index (χ4v) is 6.77. The van der Waals surface area contributed by atoms with Gasteiger partial charge in [-0.05, 0) is 32.0 Å². The van der Waals surface area contributed by atoms with Crippen molar-refractivity contribution in [3.63, 3.8) is 0 Å². The summed E-state index contributed by atoms with van der Waals surface area (Å²) in [5, 5.41) is 1.08. The second kappa shape index (κ2) is 5.82. The number of rotatable bonds is 1. The zero-order valence-electron chi connectivity index (χ0n) is 15.7. The predicted molar refractivity (Wildman–Crippen MR) is 102 cm³/mol.